The Kier molecular flexibility index (Phi) is 10.4. The zero-order chi connectivity index (χ0) is 23.8. The number of carbonyl (C=O) groups is 2. The van der Waals surface area contributed by atoms with Gasteiger partial charge in [0.2, 0.25) is 5.91 Å². The highest BCUT2D eigenvalue weighted by atomic mass is 35.5. The Hall–Kier alpha value is -1.66. The predicted molar refractivity (Wildman–Crippen MR) is 131 cm³/mol. The van der Waals surface area contributed by atoms with E-state index >= 15 is 0 Å². The molecule has 2 aromatic carbocycles. The normalized spacial score (nSPS) is 12.7. The van der Waals surface area contributed by atoms with Crippen LogP contribution in [0.3, 0.4) is 0 Å². The van der Waals surface area contributed by atoms with Gasteiger partial charge in [0.15, 0.2) is 6.61 Å². The molecular formula is C23H26Cl4N2O3. The van der Waals surface area contributed by atoms with Gasteiger partial charge in [0.05, 0.1) is 5.02 Å². The van der Waals surface area contributed by atoms with Gasteiger partial charge in [0.1, 0.15) is 11.8 Å². The number of rotatable bonds is 10. The van der Waals surface area contributed by atoms with Crippen LogP contribution in [0, 0.1) is 0 Å². The standard InChI is InChI=1S/C23H26Cl4N2O3/c1-4-14(3)28-23(31)20(5-2)29(12-15-6-7-16(24)10-18(15)26)22(30)13-32-21-9-8-17(25)11-19(21)27/h6-11,14,20H,4-5,12-13H2,1-3H3,(H,28,31)/t14-,20-/m1/s1. The van der Waals surface area contributed by atoms with E-state index in [0.717, 1.165) is 6.42 Å². The molecule has 0 unspecified atom stereocenters. The van der Waals surface area contributed by atoms with Crippen LogP contribution in [-0.4, -0.2) is 35.4 Å². The van der Waals surface area contributed by atoms with Crippen molar-refractivity contribution < 1.29 is 14.3 Å². The van der Waals surface area contributed by atoms with Crippen LogP contribution in [0.2, 0.25) is 20.1 Å². The SMILES string of the molecule is CC[C@@H](C)NC(=O)[C@@H](CC)N(Cc1ccc(Cl)cc1Cl)C(=O)COc1ccc(Cl)cc1Cl. The molecule has 5 nitrogen and oxygen atoms in total. The molecule has 0 saturated carbocycles. The smallest absolute Gasteiger partial charge is 0.261 e. The molecule has 1 N–H and O–H groups in total. The van der Waals surface area contributed by atoms with Gasteiger partial charge in [-0.1, -0.05) is 66.3 Å². The van der Waals surface area contributed by atoms with Gasteiger partial charge in [-0.05, 0) is 55.7 Å². The van der Waals surface area contributed by atoms with Gasteiger partial charge in [-0.2, -0.15) is 0 Å². The number of hydrogen-bond donors (Lipinski definition) is 1. The summed E-state index contributed by atoms with van der Waals surface area (Å²) in [5, 5.41) is 4.60. The number of nitrogens with zero attached hydrogens (tertiary/aromatic N) is 1. The molecule has 0 fully saturated rings. The lowest BCUT2D eigenvalue weighted by molar-refractivity contribution is -0.143. The monoisotopic (exact) mass is 518 g/mol. The molecule has 2 rings (SSSR count). The molecule has 0 aliphatic carbocycles. The molecular weight excluding hydrogens is 494 g/mol. The molecule has 0 bridgehead atoms. The largest absolute Gasteiger partial charge is 0.482 e. The number of benzene rings is 2. The first-order valence-corrected chi connectivity index (χ1v) is 11.8. The third kappa shape index (κ3) is 7.45. The van der Waals surface area contributed by atoms with Crippen molar-refractivity contribution in [2.75, 3.05) is 6.61 Å². The maximum absolute atomic E-state index is 13.2. The molecule has 32 heavy (non-hydrogen) atoms. The van der Waals surface area contributed by atoms with E-state index in [4.69, 9.17) is 51.1 Å². The highest BCUT2D eigenvalue weighted by molar-refractivity contribution is 6.35. The van der Waals surface area contributed by atoms with Crippen molar-refractivity contribution in [2.45, 2.75) is 52.2 Å². The molecule has 174 valence electrons. The number of carbonyl (C=O) groups excluding carboxylic acids is 2. The van der Waals surface area contributed by atoms with E-state index < -0.39 is 6.04 Å². The van der Waals surface area contributed by atoms with Gasteiger partial charge in [-0.3, -0.25) is 9.59 Å². The molecule has 0 aromatic heterocycles. The van der Waals surface area contributed by atoms with E-state index in [2.05, 4.69) is 5.32 Å². The van der Waals surface area contributed by atoms with E-state index in [1.807, 2.05) is 20.8 Å². The van der Waals surface area contributed by atoms with Crippen LogP contribution in [0.5, 0.6) is 5.75 Å². The van der Waals surface area contributed by atoms with Gasteiger partial charge >= 0.3 is 0 Å². The van der Waals surface area contributed by atoms with Crippen molar-refractivity contribution >= 4 is 58.2 Å². The quantitative estimate of drug-likeness (QED) is 0.395. The average molecular weight is 520 g/mol. The minimum Gasteiger partial charge on any atom is -0.482 e. The maximum Gasteiger partial charge on any atom is 0.261 e. The first kappa shape index (κ1) is 26.6. The van der Waals surface area contributed by atoms with E-state index in [1.54, 1.807) is 30.3 Å². The second kappa shape index (κ2) is 12.5. The molecule has 0 saturated heterocycles. The van der Waals surface area contributed by atoms with Crippen molar-refractivity contribution in [2.24, 2.45) is 0 Å². The summed E-state index contributed by atoms with van der Waals surface area (Å²) in [6, 6.07) is 9.05. The van der Waals surface area contributed by atoms with Crippen LogP contribution in [0.4, 0.5) is 0 Å². The van der Waals surface area contributed by atoms with E-state index in [1.165, 1.54) is 11.0 Å². The van der Waals surface area contributed by atoms with Crippen LogP contribution in [-0.2, 0) is 16.1 Å². The number of amides is 2. The van der Waals surface area contributed by atoms with Crippen molar-refractivity contribution in [1.82, 2.24) is 10.2 Å². The van der Waals surface area contributed by atoms with Gasteiger partial charge in [0.25, 0.3) is 5.91 Å². The Morgan fingerprint density at radius 1 is 0.969 bits per heavy atom. The Morgan fingerprint density at radius 2 is 1.59 bits per heavy atom. The van der Waals surface area contributed by atoms with Crippen molar-refractivity contribution in [3.05, 3.63) is 62.1 Å². The topological polar surface area (TPSA) is 58.6 Å². The predicted octanol–water partition coefficient (Wildman–Crippen LogP) is 6.40. The first-order chi connectivity index (χ1) is 15.2. The van der Waals surface area contributed by atoms with Crippen LogP contribution in [0.25, 0.3) is 0 Å². The summed E-state index contributed by atoms with van der Waals surface area (Å²) in [5.41, 5.74) is 0.670. The summed E-state index contributed by atoms with van der Waals surface area (Å²) < 4.78 is 5.63. The fourth-order valence-electron chi connectivity index (χ4n) is 3.01. The van der Waals surface area contributed by atoms with Crippen molar-refractivity contribution in [1.29, 1.82) is 0 Å². The highest BCUT2D eigenvalue weighted by Gasteiger charge is 2.30. The van der Waals surface area contributed by atoms with E-state index in [9.17, 15) is 9.59 Å². The summed E-state index contributed by atoms with van der Waals surface area (Å²) in [7, 11) is 0. The third-order valence-electron chi connectivity index (χ3n) is 4.99. The fraction of sp³-hybridized carbons (Fsp3) is 0.391. The molecule has 0 spiro atoms. The molecule has 0 aliphatic heterocycles. The molecule has 2 aromatic rings. The molecule has 0 radical (unpaired) electrons. The van der Waals surface area contributed by atoms with Crippen molar-refractivity contribution in [3.63, 3.8) is 0 Å². The molecule has 0 aliphatic rings. The Bertz CT molecular complexity index is 955. The summed E-state index contributed by atoms with van der Waals surface area (Å²) in [6.45, 7) is 5.56. The Balaban J connectivity index is 2.28. The van der Waals surface area contributed by atoms with Gasteiger partial charge in [-0.25, -0.2) is 0 Å². The fourth-order valence-corrected chi connectivity index (χ4v) is 3.94. The van der Waals surface area contributed by atoms with E-state index in [0.29, 0.717) is 37.8 Å². The number of halogens is 4. The second-order valence-corrected chi connectivity index (χ2v) is 9.05. The number of ether oxygens (including phenoxy) is 1. The van der Waals surface area contributed by atoms with E-state index in [-0.39, 0.29) is 31.0 Å². The Labute approximate surface area is 208 Å². The van der Waals surface area contributed by atoms with Gasteiger partial charge in [-0.15, -0.1) is 0 Å². The Morgan fingerprint density at radius 3 is 2.16 bits per heavy atom. The zero-order valence-electron chi connectivity index (χ0n) is 18.1. The summed E-state index contributed by atoms with van der Waals surface area (Å²) >= 11 is 24.4. The van der Waals surface area contributed by atoms with Gasteiger partial charge < -0.3 is 15.0 Å². The minimum atomic E-state index is -0.701. The minimum absolute atomic E-state index is 0.0169. The summed E-state index contributed by atoms with van der Waals surface area (Å²) in [6.07, 6.45) is 1.19. The van der Waals surface area contributed by atoms with Crippen molar-refractivity contribution in [3.8, 4) is 5.75 Å². The maximum atomic E-state index is 13.2. The second-order valence-electron chi connectivity index (χ2n) is 7.36. The molecule has 2 atom stereocenters. The third-order valence-corrected chi connectivity index (χ3v) is 6.11. The summed E-state index contributed by atoms with van der Waals surface area (Å²) in [4.78, 5) is 27.6. The number of nitrogens with one attached hydrogen (secondary N) is 1. The van der Waals surface area contributed by atoms with Crippen LogP contribution >= 0.6 is 46.4 Å². The number of hydrogen-bond acceptors (Lipinski definition) is 3. The van der Waals surface area contributed by atoms with Gasteiger partial charge in [0, 0.05) is 27.7 Å². The molecule has 2 amide bonds. The zero-order valence-corrected chi connectivity index (χ0v) is 21.2. The van der Waals surface area contributed by atoms with Crippen LogP contribution in [0.15, 0.2) is 36.4 Å². The highest BCUT2D eigenvalue weighted by Crippen LogP contribution is 2.28. The molecule has 0 heterocycles. The molecule has 9 heteroatoms. The summed E-state index contributed by atoms with van der Waals surface area (Å²) in [5.74, 6) is -0.288. The van der Waals surface area contributed by atoms with Crippen LogP contribution in [0.1, 0.15) is 39.2 Å². The lowest BCUT2D eigenvalue weighted by atomic mass is 10.1. The lowest BCUT2D eigenvalue weighted by Crippen LogP contribution is -2.51. The van der Waals surface area contributed by atoms with Crippen LogP contribution < -0.4 is 10.1 Å². The lowest BCUT2D eigenvalue weighted by Gasteiger charge is -2.31. The average Bonchev–Trinajstić information content (AvgIpc) is 2.74. The first-order valence-electron chi connectivity index (χ1n) is 10.3.